The normalized spacial score (nSPS) is 19.5. The molecule has 0 amide bonds. The second kappa shape index (κ2) is 5.25. The molecule has 0 atom stereocenters. The van der Waals surface area contributed by atoms with Crippen LogP contribution in [0.1, 0.15) is 29.6 Å². The van der Waals surface area contributed by atoms with Crippen molar-refractivity contribution in [3.63, 3.8) is 0 Å². The smallest absolute Gasteiger partial charge is 0.170 e. The molecule has 1 spiro atoms. The van der Waals surface area contributed by atoms with E-state index >= 15 is 0 Å². The summed E-state index contributed by atoms with van der Waals surface area (Å²) in [5, 5.41) is 3.33. The number of piperidine rings is 1. The Morgan fingerprint density at radius 2 is 1.73 bits per heavy atom. The zero-order valence-electron chi connectivity index (χ0n) is 12.5. The highest BCUT2D eigenvalue weighted by Gasteiger charge is 2.41. The molecule has 2 aliphatic rings. The lowest BCUT2D eigenvalue weighted by Crippen LogP contribution is -2.49. The zero-order chi connectivity index (χ0) is 15.0. The lowest BCUT2D eigenvalue weighted by atomic mass is 9.82. The molecule has 22 heavy (non-hydrogen) atoms. The summed E-state index contributed by atoms with van der Waals surface area (Å²) >= 11 is 0. The van der Waals surface area contributed by atoms with Gasteiger partial charge < -0.3 is 10.1 Å². The van der Waals surface area contributed by atoms with E-state index < -0.39 is 0 Å². The second-order valence-corrected chi connectivity index (χ2v) is 6.21. The van der Waals surface area contributed by atoms with Gasteiger partial charge in [-0.3, -0.25) is 4.79 Å². The van der Waals surface area contributed by atoms with Crippen molar-refractivity contribution in [3.05, 3.63) is 54.1 Å². The third kappa shape index (κ3) is 2.32. The van der Waals surface area contributed by atoms with Gasteiger partial charge in [0.05, 0.1) is 12.0 Å². The van der Waals surface area contributed by atoms with Crippen molar-refractivity contribution in [2.45, 2.75) is 24.9 Å². The standard InChI is InChI=1S/C19H19NO2/c21-17-13-19(8-10-20-11-9-19)22-18-7-6-15(12-16(17)18)14-4-2-1-3-5-14/h1-7,12,20H,8-11,13H2. The molecule has 2 heterocycles. The molecule has 2 aromatic carbocycles. The Hall–Kier alpha value is -2.13. The predicted octanol–water partition coefficient (Wildman–Crippen LogP) is 3.44. The van der Waals surface area contributed by atoms with Gasteiger partial charge in [-0.05, 0) is 36.3 Å². The van der Waals surface area contributed by atoms with Gasteiger partial charge in [0.25, 0.3) is 0 Å². The molecular weight excluding hydrogens is 274 g/mol. The van der Waals surface area contributed by atoms with Crippen molar-refractivity contribution in [1.29, 1.82) is 0 Å². The highest BCUT2D eigenvalue weighted by molar-refractivity contribution is 6.01. The highest BCUT2D eigenvalue weighted by atomic mass is 16.5. The van der Waals surface area contributed by atoms with Crippen molar-refractivity contribution in [2.24, 2.45) is 0 Å². The van der Waals surface area contributed by atoms with Crippen LogP contribution >= 0.6 is 0 Å². The maximum absolute atomic E-state index is 12.6. The van der Waals surface area contributed by atoms with Gasteiger partial charge in [0.1, 0.15) is 11.4 Å². The number of ketones is 1. The van der Waals surface area contributed by atoms with E-state index in [1.165, 1.54) is 0 Å². The minimum absolute atomic E-state index is 0.209. The average molecular weight is 293 g/mol. The maximum Gasteiger partial charge on any atom is 0.170 e. The van der Waals surface area contributed by atoms with Crippen LogP contribution in [0.3, 0.4) is 0 Å². The van der Waals surface area contributed by atoms with E-state index in [0.717, 1.165) is 48.4 Å². The van der Waals surface area contributed by atoms with Crippen LogP contribution < -0.4 is 10.1 Å². The summed E-state index contributed by atoms with van der Waals surface area (Å²) in [6.45, 7) is 1.84. The fourth-order valence-electron chi connectivity index (χ4n) is 3.47. The van der Waals surface area contributed by atoms with Gasteiger partial charge in [-0.2, -0.15) is 0 Å². The fourth-order valence-corrected chi connectivity index (χ4v) is 3.47. The molecule has 0 radical (unpaired) electrons. The molecule has 0 aliphatic carbocycles. The summed E-state index contributed by atoms with van der Waals surface area (Å²) < 4.78 is 6.26. The molecule has 3 nitrogen and oxygen atoms in total. The van der Waals surface area contributed by atoms with Crippen molar-refractivity contribution in [3.8, 4) is 16.9 Å². The van der Waals surface area contributed by atoms with E-state index in [4.69, 9.17) is 4.74 Å². The van der Waals surface area contributed by atoms with Crippen LogP contribution in [0.5, 0.6) is 5.75 Å². The average Bonchev–Trinajstić information content (AvgIpc) is 2.56. The first-order valence-electron chi connectivity index (χ1n) is 7.88. The molecular formula is C19H19NO2. The van der Waals surface area contributed by atoms with Crippen molar-refractivity contribution in [2.75, 3.05) is 13.1 Å². The number of nitrogens with one attached hydrogen (secondary N) is 1. The van der Waals surface area contributed by atoms with Crippen molar-refractivity contribution < 1.29 is 9.53 Å². The summed E-state index contributed by atoms with van der Waals surface area (Å²) in [5.74, 6) is 0.957. The molecule has 1 fully saturated rings. The molecule has 3 heteroatoms. The lowest BCUT2D eigenvalue weighted by Gasteiger charge is -2.41. The first kappa shape index (κ1) is 13.5. The minimum Gasteiger partial charge on any atom is -0.486 e. The van der Waals surface area contributed by atoms with Gasteiger partial charge in [0, 0.05) is 12.8 Å². The van der Waals surface area contributed by atoms with Crippen LogP contribution in [0, 0.1) is 0 Å². The van der Waals surface area contributed by atoms with Crippen LogP contribution in [-0.4, -0.2) is 24.5 Å². The number of Topliss-reactive ketones (excluding diaryl/α,β-unsaturated/α-hetero) is 1. The fraction of sp³-hybridized carbons (Fsp3) is 0.316. The summed E-state index contributed by atoms with van der Waals surface area (Å²) in [7, 11) is 0. The Balaban J connectivity index is 1.70. The van der Waals surface area contributed by atoms with Crippen LogP contribution in [0.4, 0.5) is 0 Å². The van der Waals surface area contributed by atoms with Crippen LogP contribution in [-0.2, 0) is 0 Å². The van der Waals surface area contributed by atoms with Crippen LogP contribution in [0.2, 0.25) is 0 Å². The van der Waals surface area contributed by atoms with Crippen LogP contribution in [0.15, 0.2) is 48.5 Å². The number of hydrogen-bond acceptors (Lipinski definition) is 3. The van der Waals surface area contributed by atoms with Crippen molar-refractivity contribution in [1.82, 2.24) is 5.32 Å². The Morgan fingerprint density at radius 1 is 0.955 bits per heavy atom. The van der Waals surface area contributed by atoms with Gasteiger partial charge in [0.15, 0.2) is 5.78 Å². The molecule has 2 aromatic rings. The quantitative estimate of drug-likeness (QED) is 0.875. The number of carbonyl (C=O) groups excluding carboxylic acids is 1. The molecule has 2 aliphatic heterocycles. The zero-order valence-corrected chi connectivity index (χ0v) is 12.5. The molecule has 0 unspecified atom stereocenters. The van der Waals surface area contributed by atoms with Crippen molar-refractivity contribution >= 4 is 5.78 Å². The van der Waals surface area contributed by atoms with E-state index in [2.05, 4.69) is 17.4 Å². The predicted molar refractivity (Wildman–Crippen MR) is 86.3 cm³/mol. The summed E-state index contributed by atoms with van der Waals surface area (Å²) in [5.41, 5.74) is 2.63. The SMILES string of the molecule is O=C1CC2(CCNCC2)Oc2ccc(-c3ccccc3)cc21. The Bertz CT molecular complexity index is 703. The Morgan fingerprint density at radius 3 is 2.50 bits per heavy atom. The van der Waals surface area contributed by atoms with Gasteiger partial charge in [-0.15, -0.1) is 0 Å². The molecule has 0 bridgehead atoms. The number of hydrogen-bond donors (Lipinski definition) is 1. The Labute approximate surface area is 130 Å². The summed E-state index contributed by atoms with van der Waals surface area (Å²) in [6.07, 6.45) is 2.30. The third-order valence-electron chi connectivity index (χ3n) is 4.71. The van der Waals surface area contributed by atoms with E-state index in [1.807, 2.05) is 36.4 Å². The summed E-state index contributed by atoms with van der Waals surface area (Å²) in [4.78, 5) is 12.6. The molecule has 0 aromatic heterocycles. The molecule has 4 rings (SSSR count). The minimum atomic E-state index is -0.288. The Kier molecular flexibility index (Phi) is 3.23. The lowest BCUT2D eigenvalue weighted by molar-refractivity contribution is 0.0188. The molecule has 112 valence electrons. The second-order valence-electron chi connectivity index (χ2n) is 6.21. The van der Waals surface area contributed by atoms with E-state index in [0.29, 0.717) is 6.42 Å². The van der Waals surface area contributed by atoms with Crippen LogP contribution in [0.25, 0.3) is 11.1 Å². The van der Waals surface area contributed by atoms with Gasteiger partial charge in [0.2, 0.25) is 0 Å². The van der Waals surface area contributed by atoms with E-state index in [9.17, 15) is 4.79 Å². The number of carbonyl (C=O) groups is 1. The highest BCUT2D eigenvalue weighted by Crippen LogP contribution is 2.39. The molecule has 1 saturated heterocycles. The van der Waals surface area contributed by atoms with E-state index in [1.54, 1.807) is 0 Å². The van der Waals surface area contributed by atoms with Gasteiger partial charge in [-0.1, -0.05) is 36.4 Å². The summed E-state index contributed by atoms with van der Waals surface area (Å²) in [6, 6.07) is 16.1. The number of fused-ring (bicyclic) bond motifs is 1. The number of ether oxygens (including phenoxy) is 1. The number of benzene rings is 2. The number of rotatable bonds is 1. The first-order chi connectivity index (χ1) is 10.8. The third-order valence-corrected chi connectivity index (χ3v) is 4.71. The molecule has 0 saturated carbocycles. The largest absolute Gasteiger partial charge is 0.486 e. The molecule has 1 N–H and O–H groups in total. The maximum atomic E-state index is 12.6. The monoisotopic (exact) mass is 293 g/mol. The van der Waals surface area contributed by atoms with E-state index in [-0.39, 0.29) is 11.4 Å². The van der Waals surface area contributed by atoms with Gasteiger partial charge >= 0.3 is 0 Å². The topological polar surface area (TPSA) is 38.3 Å². The van der Waals surface area contributed by atoms with Gasteiger partial charge in [-0.25, -0.2) is 0 Å². The first-order valence-corrected chi connectivity index (χ1v) is 7.88.